The van der Waals surface area contributed by atoms with Gasteiger partial charge in [-0.25, -0.2) is 9.97 Å². The van der Waals surface area contributed by atoms with Gasteiger partial charge in [-0.15, -0.1) is 11.3 Å². The molecule has 0 saturated carbocycles. The van der Waals surface area contributed by atoms with E-state index in [0.29, 0.717) is 12.5 Å². The third-order valence-electron chi connectivity index (χ3n) is 4.68. The fourth-order valence-electron chi connectivity index (χ4n) is 3.49. The van der Waals surface area contributed by atoms with Crippen LogP contribution in [0.3, 0.4) is 0 Å². The summed E-state index contributed by atoms with van der Waals surface area (Å²) in [6, 6.07) is 0.339. The van der Waals surface area contributed by atoms with Gasteiger partial charge in [-0.2, -0.15) is 0 Å². The molecule has 4 rings (SSSR count). The second kappa shape index (κ2) is 6.39. The van der Waals surface area contributed by atoms with Crippen LogP contribution in [-0.2, 0) is 17.6 Å². The molecule has 1 atom stereocenters. The number of hydrogen-bond donors (Lipinski definition) is 0. The van der Waals surface area contributed by atoms with E-state index in [1.165, 1.54) is 0 Å². The Bertz CT molecular complexity index is 820. The number of aryl methyl sites for hydroxylation is 1. The Hall–Kier alpha value is -2.15. The fourth-order valence-corrected chi connectivity index (χ4v) is 4.21. The minimum Gasteiger partial charge on any atom is -0.340 e. The minimum absolute atomic E-state index is 0.170. The first-order valence-corrected chi connectivity index (χ1v) is 9.33. The van der Waals surface area contributed by atoms with E-state index >= 15 is 0 Å². The number of nitrogens with zero attached hydrogens (tertiary/aromatic N) is 5. The summed E-state index contributed by atoms with van der Waals surface area (Å²) in [5.41, 5.74) is 0.853. The van der Waals surface area contributed by atoms with Gasteiger partial charge in [0.05, 0.1) is 18.2 Å². The van der Waals surface area contributed by atoms with E-state index in [2.05, 4.69) is 21.5 Å². The monoisotopic (exact) mass is 343 g/mol. The number of carbonyl (C=O) groups is 1. The molecule has 0 aromatic carbocycles. The fraction of sp³-hybridized carbons (Fsp3) is 0.471. The summed E-state index contributed by atoms with van der Waals surface area (Å²) in [5, 5.41) is 2.00. The van der Waals surface area contributed by atoms with Gasteiger partial charge in [-0.3, -0.25) is 9.20 Å². The first kappa shape index (κ1) is 15.4. The van der Waals surface area contributed by atoms with E-state index < -0.39 is 0 Å². The number of imidazole rings is 2. The quantitative estimate of drug-likeness (QED) is 0.731. The van der Waals surface area contributed by atoms with Crippen molar-refractivity contribution in [3.8, 4) is 0 Å². The standard InChI is InChI=1S/C17H21N5OS/c1-2-15-18-5-7-22(15)14-4-3-6-20(12-14)16(23)10-13-11-21-8-9-24-17(21)19-13/h5,7-9,11,14H,2-4,6,10,12H2,1H3/t14-/m1/s1. The molecular weight excluding hydrogens is 322 g/mol. The number of rotatable bonds is 4. The maximum atomic E-state index is 12.7. The highest BCUT2D eigenvalue weighted by Crippen LogP contribution is 2.23. The van der Waals surface area contributed by atoms with Crippen molar-refractivity contribution in [2.45, 2.75) is 38.6 Å². The van der Waals surface area contributed by atoms with Crippen LogP contribution >= 0.6 is 11.3 Å². The Morgan fingerprint density at radius 1 is 1.42 bits per heavy atom. The molecule has 7 heteroatoms. The molecule has 0 radical (unpaired) electrons. The predicted molar refractivity (Wildman–Crippen MR) is 93.2 cm³/mol. The van der Waals surface area contributed by atoms with Crippen molar-refractivity contribution in [1.29, 1.82) is 0 Å². The van der Waals surface area contributed by atoms with E-state index in [1.54, 1.807) is 11.3 Å². The lowest BCUT2D eigenvalue weighted by molar-refractivity contribution is -0.132. The molecule has 1 fully saturated rings. The molecule has 1 saturated heterocycles. The molecule has 1 aliphatic rings. The van der Waals surface area contributed by atoms with Gasteiger partial charge in [-0.05, 0) is 12.8 Å². The molecule has 1 amide bonds. The van der Waals surface area contributed by atoms with Crippen molar-refractivity contribution in [1.82, 2.24) is 23.8 Å². The number of thiazole rings is 1. The Kier molecular flexibility index (Phi) is 4.10. The van der Waals surface area contributed by atoms with Gasteiger partial charge in [0.25, 0.3) is 0 Å². The van der Waals surface area contributed by atoms with Gasteiger partial charge in [0.1, 0.15) is 5.82 Å². The van der Waals surface area contributed by atoms with Gasteiger partial charge < -0.3 is 9.47 Å². The van der Waals surface area contributed by atoms with Crippen LogP contribution in [-0.4, -0.2) is 42.8 Å². The third kappa shape index (κ3) is 2.84. The zero-order valence-electron chi connectivity index (χ0n) is 13.8. The molecule has 0 bridgehead atoms. The van der Waals surface area contributed by atoms with Crippen LogP contribution < -0.4 is 0 Å². The summed E-state index contributed by atoms with van der Waals surface area (Å²) in [7, 11) is 0. The van der Waals surface area contributed by atoms with Crippen LogP contribution in [0.2, 0.25) is 0 Å². The largest absolute Gasteiger partial charge is 0.340 e. The van der Waals surface area contributed by atoms with Crippen LogP contribution in [0, 0.1) is 0 Å². The summed E-state index contributed by atoms with van der Waals surface area (Å²) in [4.78, 5) is 24.6. The Morgan fingerprint density at radius 2 is 2.33 bits per heavy atom. The number of amides is 1. The van der Waals surface area contributed by atoms with Gasteiger partial charge in [0.15, 0.2) is 4.96 Å². The summed E-state index contributed by atoms with van der Waals surface area (Å²) >= 11 is 1.59. The molecule has 6 nitrogen and oxygen atoms in total. The molecule has 126 valence electrons. The highest BCUT2D eigenvalue weighted by atomic mass is 32.1. The lowest BCUT2D eigenvalue weighted by Crippen LogP contribution is -2.41. The number of carbonyl (C=O) groups excluding carboxylic acids is 1. The van der Waals surface area contributed by atoms with Crippen LogP contribution in [0.5, 0.6) is 0 Å². The number of likely N-dealkylation sites (tertiary alicyclic amines) is 1. The molecule has 1 aliphatic heterocycles. The molecule has 3 aromatic heterocycles. The number of hydrogen-bond acceptors (Lipinski definition) is 4. The molecule has 0 unspecified atom stereocenters. The molecule has 24 heavy (non-hydrogen) atoms. The second-order valence-corrected chi connectivity index (χ2v) is 7.11. The van der Waals surface area contributed by atoms with E-state index in [0.717, 1.165) is 48.8 Å². The van der Waals surface area contributed by atoms with E-state index in [-0.39, 0.29) is 5.91 Å². The second-order valence-electron chi connectivity index (χ2n) is 6.24. The molecule has 4 heterocycles. The highest BCUT2D eigenvalue weighted by molar-refractivity contribution is 7.15. The number of fused-ring (bicyclic) bond motifs is 1. The summed E-state index contributed by atoms with van der Waals surface area (Å²) in [5.74, 6) is 1.27. The zero-order chi connectivity index (χ0) is 16.5. The van der Waals surface area contributed by atoms with Crippen molar-refractivity contribution in [2.24, 2.45) is 0 Å². The first-order chi connectivity index (χ1) is 11.7. The molecular formula is C17H21N5OS. The van der Waals surface area contributed by atoms with Crippen LogP contribution in [0.1, 0.15) is 37.3 Å². The number of piperidine rings is 1. The maximum Gasteiger partial charge on any atom is 0.228 e. The Balaban J connectivity index is 1.45. The Labute approximate surface area is 144 Å². The molecule has 0 spiro atoms. The number of aromatic nitrogens is 4. The normalized spacial score (nSPS) is 18.4. The van der Waals surface area contributed by atoms with E-state index in [4.69, 9.17) is 0 Å². The van der Waals surface area contributed by atoms with Crippen LogP contribution in [0.25, 0.3) is 4.96 Å². The summed E-state index contributed by atoms with van der Waals surface area (Å²) in [6.45, 7) is 3.73. The average Bonchev–Trinajstić information content (AvgIpc) is 3.30. The maximum absolute atomic E-state index is 12.7. The third-order valence-corrected chi connectivity index (χ3v) is 5.45. The van der Waals surface area contributed by atoms with Crippen LogP contribution in [0.15, 0.2) is 30.2 Å². The minimum atomic E-state index is 0.170. The molecule has 0 N–H and O–H groups in total. The zero-order valence-corrected chi connectivity index (χ0v) is 14.6. The summed E-state index contributed by atoms with van der Waals surface area (Å²) in [6.07, 6.45) is 11.3. The van der Waals surface area contributed by atoms with Crippen molar-refractivity contribution >= 4 is 22.2 Å². The lowest BCUT2D eigenvalue weighted by atomic mass is 10.0. The van der Waals surface area contributed by atoms with Crippen molar-refractivity contribution < 1.29 is 4.79 Å². The topological polar surface area (TPSA) is 55.4 Å². The van der Waals surface area contributed by atoms with Gasteiger partial charge >= 0.3 is 0 Å². The average molecular weight is 343 g/mol. The van der Waals surface area contributed by atoms with E-state index in [1.807, 2.05) is 39.5 Å². The van der Waals surface area contributed by atoms with Crippen molar-refractivity contribution in [3.63, 3.8) is 0 Å². The molecule has 3 aromatic rings. The van der Waals surface area contributed by atoms with E-state index in [9.17, 15) is 4.79 Å². The van der Waals surface area contributed by atoms with Gasteiger partial charge in [-0.1, -0.05) is 6.92 Å². The lowest BCUT2D eigenvalue weighted by Gasteiger charge is -2.34. The first-order valence-electron chi connectivity index (χ1n) is 8.45. The highest BCUT2D eigenvalue weighted by Gasteiger charge is 2.26. The van der Waals surface area contributed by atoms with Crippen molar-refractivity contribution in [3.05, 3.63) is 41.7 Å². The van der Waals surface area contributed by atoms with Crippen LogP contribution in [0.4, 0.5) is 0 Å². The smallest absolute Gasteiger partial charge is 0.228 e. The van der Waals surface area contributed by atoms with Crippen molar-refractivity contribution in [2.75, 3.05) is 13.1 Å². The summed E-state index contributed by atoms with van der Waals surface area (Å²) < 4.78 is 4.22. The Morgan fingerprint density at radius 3 is 3.17 bits per heavy atom. The molecule has 0 aliphatic carbocycles. The van der Waals surface area contributed by atoms with Gasteiger partial charge in [0.2, 0.25) is 5.91 Å². The van der Waals surface area contributed by atoms with Gasteiger partial charge in [0, 0.05) is 49.7 Å². The predicted octanol–water partition coefficient (Wildman–Crippen LogP) is 2.56. The SMILES string of the molecule is CCc1nccn1[C@@H]1CCCN(C(=O)Cc2cn3ccsc3n2)C1.